The van der Waals surface area contributed by atoms with Gasteiger partial charge in [0, 0.05) is 11.3 Å². The number of aromatic nitrogens is 2. The predicted octanol–water partition coefficient (Wildman–Crippen LogP) is 2.14. The lowest BCUT2D eigenvalue weighted by Crippen LogP contribution is -2.22. The van der Waals surface area contributed by atoms with Crippen molar-refractivity contribution in [2.45, 2.75) is 32.0 Å². The number of hydrogen-bond donors (Lipinski definition) is 2. The van der Waals surface area contributed by atoms with Crippen molar-refractivity contribution in [3.05, 3.63) is 11.3 Å². The van der Waals surface area contributed by atoms with E-state index in [1.807, 2.05) is 20.8 Å². The monoisotopic (exact) mass is 259 g/mol. The Morgan fingerprint density at radius 2 is 2.29 bits per heavy atom. The summed E-state index contributed by atoms with van der Waals surface area (Å²) in [4.78, 5) is 11.3. The molecule has 1 aromatic heterocycles. The summed E-state index contributed by atoms with van der Waals surface area (Å²) >= 11 is 3.28. The van der Waals surface area contributed by atoms with Gasteiger partial charge >= 0.3 is 0 Å². The van der Waals surface area contributed by atoms with Gasteiger partial charge in [0.25, 0.3) is 0 Å². The number of nitrogens with one attached hydrogen (secondary N) is 2. The van der Waals surface area contributed by atoms with Crippen LogP contribution in [-0.4, -0.2) is 20.9 Å². The van der Waals surface area contributed by atoms with Gasteiger partial charge in [0.15, 0.2) is 5.82 Å². The van der Waals surface area contributed by atoms with E-state index in [9.17, 15) is 4.79 Å². The van der Waals surface area contributed by atoms with E-state index < -0.39 is 0 Å². The first-order chi connectivity index (χ1) is 6.56. The van der Waals surface area contributed by atoms with Gasteiger partial charge in [0.05, 0.1) is 4.83 Å². The number of aryl methyl sites for hydroxylation is 1. The molecular formula is C9H14BrN3O. The Morgan fingerprint density at radius 3 is 2.71 bits per heavy atom. The first kappa shape index (κ1) is 11.2. The molecule has 0 saturated carbocycles. The van der Waals surface area contributed by atoms with Crippen LogP contribution in [0.4, 0.5) is 5.82 Å². The molecule has 1 heterocycles. The summed E-state index contributed by atoms with van der Waals surface area (Å²) in [7, 11) is 0. The lowest BCUT2D eigenvalue weighted by molar-refractivity contribution is -0.115. The minimum absolute atomic E-state index is 0.0536. The number of anilines is 1. The van der Waals surface area contributed by atoms with Crippen molar-refractivity contribution in [2.75, 3.05) is 5.32 Å². The van der Waals surface area contributed by atoms with E-state index in [4.69, 9.17) is 0 Å². The van der Waals surface area contributed by atoms with Gasteiger partial charge in [-0.2, -0.15) is 5.10 Å². The molecule has 2 N–H and O–H groups in total. The molecule has 78 valence electrons. The standard InChI is InChI=1S/C9H14BrN3O/c1-4-7(10)9(14)11-8-5(2)6(3)12-13-8/h7H,4H2,1-3H3,(H2,11,12,13,14). The maximum absolute atomic E-state index is 11.5. The molecule has 1 amide bonds. The number of H-pyrrole nitrogens is 1. The number of nitrogens with zero attached hydrogens (tertiary/aromatic N) is 1. The second kappa shape index (κ2) is 4.59. The largest absolute Gasteiger partial charge is 0.308 e. The molecule has 0 saturated heterocycles. The summed E-state index contributed by atoms with van der Waals surface area (Å²) in [6, 6.07) is 0. The third kappa shape index (κ3) is 2.35. The molecule has 0 radical (unpaired) electrons. The van der Waals surface area contributed by atoms with Gasteiger partial charge < -0.3 is 5.32 Å². The normalized spacial score (nSPS) is 12.6. The predicted molar refractivity (Wildman–Crippen MR) is 59.7 cm³/mol. The summed E-state index contributed by atoms with van der Waals surface area (Å²) in [5, 5.41) is 9.57. The van der Waals surface area contributed by atoms with Gasteiger partial charge in [-0.25, -0.2) is 0 Å². The summed E-state index contributed by atoms with van der Waals surface area (Å²) in [6.07, 6.45) is 0.758. The molecule has 5 heteroatoms. The van der Waals surface area contributed by atoms with Crippen molar-refractivity contribution in [2.24, 2.45) is 0 Å². The van der Waals surface area contributed by atoms with E-state index in [-0.39, 0.29) is 10.7 Å². The smallest absolute Gasteiger partial charge is 0.239 e. The van der Waals surface area contributed by atoms with Crippen LogP contribution in [0.15, 0.2) is 0 Å². The van der Waals surface area contributed by atoms with Crippen LogP contribution in [0.25, 0.3) is 0 Å². The summed E-state index contributed by atoms with van der Waals surface area (Å²) < 4.78 is 0. The zero-order valence-electron chi connectivity index (χ0n) is 8.52. The van der Waals surface area contributed by atoms with E-state index >= 15 is 0 Å². The zero-order chi connectivity index (χ0) is 10.7. The van der Waals surface area contributed by atoms with Crippen LogP contribution in [0.2, 0.25) is 0 Å². The average molecular weight is 260 g/mol. The molecule has 0 aliphatic rings. The summed E-state index contributed by atoms with van der Waals surface area (Å²) in [5.74, 6) is 0.563. The SMILES string of the molecule is CCC(Br)C(=O)Nc1n[nH]c(C)c1C. The maximum atomic E-state index is 11.5. The molecule has 1 rings (SSSR count). The van der Waals surface area contributed by atoms with Crippen molar-refractivity contribution in [1.29, 1.82) is 0 Å². The lowest BCUT2D eigenvalue weighted by atomic mass is 10.2. The third-order valence-electron chi connectivity index (χ3n) is 2.14. The second-order valence-corrected chi connectivity index (χ2v) is 4.29. The van der Waals surface area contributed by atoms with Crippen LogP contribution < -0.4 is 5.32 Å². The van der Waals surface area contributed by atoms with Gasteiger partial charge in [-0.15, -0.1) is 0 Å². The average Bonchev–Trinajstić information content (AvgIpc) is 2.48. The number of carbonyl (C=O) groups excluding carboxylic acids is 1. The fraction of sp³-hybridized carbons (Fsp3) is 0.556. The van der Waals surface area contributed by atoms with Crippen LogP contribution in [0, 0.1) is 13.8 Å². The quantitative estimate of drug-likeness (QED) is 0.818. The summed E-state index contributed by atoms with van der Waals surface area (Å²) in [5.41, 5.74) is 1.96. The minimum Gasteiger partial charge on any atom is -0.308 e. The molecule has 1 atom stereocenters. The molecule has 0 aromatic carbocycles. The van der Waals surface area contributed by atoms with Crippen LogP contribution in [0.3, 0.4) is 0 Å². The lowest BCUT2D eigenvalue weighted by Gasteiger charge is -2.06. The number of hydrogen-bond acceptors (Lipinski definition) is 2. The second-order valence-electron chi connectivity index (χ2n) is 3.19. The zero-order valence-corrected chi connectivity index (χ0v) is 10.1. The Labute approximate surface area is 91.6 Å². The molecule has 0 fully saturated rings. The highest BCUT2D eigenvalue weighted by Crippen LogP contribution is 2.15. The molecule has 0 bridgehead atoms. The van der Waals surface area contributed by atoms with Gasteiger partial charge in [0.1, 0.15) is 0 Å². The number of amides is 1. The molecule has 14 heavy (non-hydrogen) atoms. The Kier molecular flexibility index (Phi) is 3.69. The van der Waals surface area contributed by atoms with E-state index in [2.05, 4.69) is 31.4 Å². The van der Waals surface area contributed by atoms with Gasteiger partial charge in [-0.1, -0.05) is 22.9 Å². The first-order valence-electron chi connectivity index (χ1n) is 4.52. The molecule has 1 unspecified atom stereocenters. The number of aromatic amines is 1. The van der Waals surface area contributed by atoms with Crippen molar-refractivity contribution >= 4 is 27.7 Å². The topological polar surface area (TPSA) is 57.8 Å². The molecule has 0 aliphatic heterocycles. The third-order valence-corrected chi connectivity index (χ3v) is 3.20. The highest BCUT2D eigenvalue weighted by Gasteiger charge is 2.15. The molecule has 4 nitrogen and oxygen atoms in total. The number of carbonyl (C=O) groups is 1. The number of rotatable bonds is 3. The summed E-state index contributed by atoms with van der Waals surface area (Å²) in [6.45, 7) is 5.79. The van der Waals surface area contributed by atoms with Crippen LogP contribution in [0.1, 0.15) is 24.6 Å². The van der Waals surface area contributed by atoms with E-state index in [1.54, 1.807) is 0 Å². The number of halogens is 1. The van der Waals surface area contributed by atoms with Gasteiger partial charge in [-0.05, 0) is 20.3 Å². The fourth-order valence-corrected chi connectivity index (χ4v) is 1.10. The Hall–Kier alpha value is -0.840. The molecule has 1 aromatic rings. The number of alkyl halides is 1. The molecule has 0 spiro atoms. The van der Waals surface area contributed by atoms with Crippen LogP contribution in [0.5, 0.6) is 0 Å². The fourth-order valence-electron chi connectivity index (χ4n) is 0.987. The first-order valence-corrected chi connectivity index (χ1v) is 5.44. The minimum atomic E-state index is -0.154. The Morgan fingerprint density at radius 1 is 1.64 bits per heavy atom. The maximum Gasteiger partial charge on any atom is 0.239 e. The van der Waals surface area contributed by atoms with Crippen LogP contribution in [-0.2, 0) is 4.79 Å². The Bertz CT molecular complexity index is 335. The molecule has 0 aliphatic carbocycles. The van der Waals surface area contributed by atoms with Crippen molar-refractivity contribution in [3.8, 4) is 0 Å². The van der Waals surface area contributed by atoms with Crippen molar-refractivity contribution < 1.29 is 4.79 Å². The van der Waals surface area contributed by atoms with E-state index in [0.29, 0.717) is 5.82 Å². The van der Waals surface area contributed by atoms with E-state index in [0.717, 1.165) is 17.7 Å². The van der Waals surface area contributed by atoms with Gasteiger partial charge in [0.2, 0.25) is 5.91 Å². The van der Waals surface area contributed by atoms with Crippen LogP contribution >= 0.6 is 15.9 Å². The highest BCUT2D eigenvalue weighted by molar-refractivity contribution is 9.10. The Balaban J connectivity index is 2.70. The van der Waals surface area contributed by atoms with Crippen molar-refractivity contribution in [1.82, 2.24) is 10.2 Å². The van der Waals surface area contributed by atoms with Crippen molar-refractivity contribution in [3.63, 3.8) is 0 Å². The van der Waals surface area contributed by atoms with E-state index in [1.165, 1.54) is 0 Å². The van der Waals surface area contributed by atoms with Gasteiger partial charge in [-0.3, -0.25) is 9.89 Å². The molecular weight excluding hydrogens is 246 g/mol. The highest BCUT2D eigenvalue weighted by atomic mass is 79.9.